The van der Waals surface area contributed by atoms with E-state index >= 15 is 0 Å². The van der Waals surface area contributed by atoms with Gasteiger partial charge < -0.3 is 24.7 Å². The van der Waals surface area contributed by atoms with Crippen molar-refractivity contribution in [2.45, 2.75) is 12.6 Å². The predicted molar refractivity (Wildman–Crippen MR) is 108 cm³/mol. The maximum Gasteiger partial charge on any atom is 0.212 e. The molecule has 29 heavy (non-hydrogen) atoms. The minimum absolute atomic E-state index is 0.293. The van der Waals surface area contributed by atoms with Crippen molar-refractivity contribution in [1.29, 1.82) is 0 Å². The number of aromatic nitrogens is 2. The van der Waals surface area contributed by atoms with Gasteiger partial charge >= 0.3 is 0 Å². The SMILES string of the molecule is COc1ccc([C@H]2N=C(N)Nc3nc4cc5c(cc4n32)OCCCO5)cc1OC. The van der Waals surface area contributed by atoms with Crippen molar-refractivity contribution in [2.24, 2.45) is 10.7 Å². The van der Waals surface area contributed by atoms with Gasteiger partial charge in [-0.25, -0.2) is 9.98 Å². The Morgan fingerprint density at radius 2 is 1.83 bits per heavy atom. The highest BCUT2D eigenvalue weighted by Gasteiger charge is 2.27. The van der Waals surface area contributed by atoms with Gasteiger partial charge in [-0.1, -0.05) is 6.07 Å². The lowest BCUT2D eigenvalue weighted by Gasteiger charge is -2.24. The highest BCUT2D eigenvalue weighted by Crippen LogP contribution is 2.40. The predicted octanol–water partition coefficient (Wildman–Crippen LogP) is 2.50. The van der Waals surface area contributed by atoms with Crippen molar-refractivity contribution >= 4 is 22.9 Å². The number of rotatable bonds is 3. The summed E-state index contributed by atoms with van der Waals surface area (Å²) in [4.78, 5) is 9.31. The van der Waals surface area contributed by atoms with Crippen molar-refractivity contribution in [2.75, 3.05) is 32.8 Å². The lowest BCUT2D eigenvalue weighted by molar-refractivity contribution is 0.297. The number of benzene rings is 2. The second kappa shape index (κ2) is 6.77. The highest BCUT2D eigenvalue weighted by molar-refractivity contribution is 5.95. The number of imidazole rings is 1. The Hall–Kier alpha value is -3.62. The molecule has 2 aliphatic rings. The average Bonchev–Trinajstić information content (AvgIpc) is 2.92. The molecule has 3 heterocycles. The standard InChI is InChI=1S/C20H21N5O4/c1-26-14-5-4-11(8-15(14)27-2)18-23-19(21)24-20-22-12-9-16-17(10-13(12)25(18)20)29-7-3-6-28-16/h4-5,8-10,18H,3,6-7H2,1-2H3,(H3,21,22,23,24)/t18-/m0/s1. The molecule has 2 aromatic carbocycles. The molecule has 0 fully saturated rings. The molecule has 1 atom stereocenters. The van der Waals surface area contributed by atoms with Gasteiger partial charge in [0.05, 0.1) is 38.5 Å². The quantitative estimate of drug-likeness (QED) is 0.702. The van der Waals surface area contributed by atoms with Crippen LogP contribution in [0.2, 0.25) is 0 Å². The third kappa shape index (κ3) is 2.86. The molecule has 150 valence electrons. The fourth-order valence-corrected chi connectivity index (χ4v) is 3.66. The molecule has 0 saturated carbocycles. The van der Waals surface area contributed by atoms with Crippen LogP contribution in [-0.2, 0) is 0 Å². The molecule has 0 radical (unpaired) electrons. The van der Waals surface area contributed by atoms with Crippen LogP contribution < -0.4 is 30.0 Å². The zero-order chi connectivity index (χ0) is 20.0. The fourth-order valence-electron chi connectivity index (χ4n) is 3.66. The Morgan fingerprint density at radius 3 is 2.59 bits per heavy atom. The molecule has 0 amide bonds. The number of fused-ring (bicyclic) bond motifs is 4. The van der Waals surface area contributed by atoms with Gasteiger partial charge in [-0.15, -0.1) is 0 Å². The summed E-state index contributed by atoms with van der Waals surface area (Å²) in [6.07, 6.45) is 0.426. The molecule has 2 aliphatic heterocycles. The molecule has 9 nitrogen and oxygen atoms in total. The molecular weight excluding hydrogens is 374 g/mol. The van der Waals surface area contributed by atoms with Gasteiger partial charge in [0, 0.05) is 24.1 Å². The first kappa shape index (κ1) is 17.5. The molecule has 0 spiro atoms. The van der Waals surface area contributed by atoms with Crippen LogP contribution in [0.25, 0.3) is 11.0 Å². The summed E-state index contributed by atoms with van der Waals surface area (Å²) in [6.45, 7) is 1.23. The van der Waals surface area contributed by atoms with Crippen LogP contribution in [0.4, 0.5) is 5.95 Å². The van der Waals surface area contributed by atoms with Crippen LogP contribution in [0, 0.1) is 0 Å². The van der Waals surface area contributed by atoms with Gasteiger partial charge in [0.2, 0.25) is 5.95 Å². The van der Waals surface area contributed by atoms with Crippen LogP contribution in [-0.4, -0.2) is 42.9 Å². The number of anilines is 1. The van der Waals surface area contributed by atoms with Gasteiger partial charge in [0.15, 0.2) is 35.1 Å². The first-order valence-corrected chi connectivity index (χ1v) is 9.31. The Morgan fingerprint density at radius 1 is 1.07 bits per heavy atom. The van der Waals surface area contributed by atoms with E-state index in [9.17, 15) is 0 Å². The number of aliphatic imine (C=N–C) groups is 1. The lowest BCUT2D eigenvalue weighted by Crippen LogP contribution is -2.31. The van der Waals surface area contributed by atoms with Gasteiger partial charge in [0.25, 0.3) is 0 Å². The van der Waals surface area contributed by atoms with Crippen molar-refractivity contribution in [3.8, 4) is 23.0 Å². The summed E-state index contributed by atoms with van der Waals surface area (Å²) < 4.78 is 24.5. The van der Waals surface area contributed by atoms with E-state index in [1.807, 2.05) is 34.9 Å². The maximum absolute atomic E-state index is 6.05. The van der Waals surface area contributed by atoms with Crippen LogP contribution in [0.1, 0.15) is 18.2 Å². The molecule has 1 aromatic heterocycles. The van der Waals surface area contributed by atoms with Crippen molar-refractivity contribution < 1.29 is 18.9 Å². The average molecular weight is 395 g/mol. The maximum atomic E-state index is 6.05. The summed E-state index contributed by atoms with van der Waals surface area (Å²) in [5.41, 5.74) is 8.58. The number of ether oxygens (including phenoxy) is 4. The van der Waals surface area contributed by atoms with E-state index in [1.165, 1.54) is 0 Å². The number of guanidine groups is 1. The highest BCUT2D eigenvalue weighted by atomic mass is 16.5. The lowest BCUT2D eigenvalue weighted by atomic mass is 10.1. The van der Waals surface area contributed by atoms with Crippen molar-refractivity contribution in [3.05, 3.63) is 35.9 Å². The van der Waals surface area contributed by atoms with E-state index in [2.05, 4.69) is 10.3 Å². The van der Waals surface area contributed by atoms with Crippen molar-refractivity contribution in [1.82, 2.24) is 9.55 Å². The van der Waals surface area contributed by atoms with Crippen LogP contribution >= 0.6 is 0 Å². The minimum Gasteiger partial charge on any atom is -0.493 e. The molecule has 0 saturated heterocycles. The molecule has 9 heteroatoms. The second-order valence-corrected chi connectivity index (χ2v) is 6.77. The summed E-state index contributed by atoms with van der Waals surface area (Å²) in [6, 6.07) is 9.52. The minimum atomic E-state index is -0.416. The molecule has 0 unspecified atom stereocenters. The summed E-state index contributed by atoms with van der Waals surface area (Å²) in [5, 5.41) is 3.05. The monoisotopic (exact) mass is 395 g/mol. The molecule has 0 bridgehead atoms. The first-order valence-electron chi connectivity index (χ1n) is 9.31. The topological polar surface area (TPSA) is 105 Å². The molecular formula is C20H21N5O4. The smallest absolute Gasteiger partial charge is 0.212 e. The van der Waals surface area contributed by atoms with Crippen LogP contribution in [0.3, 0.4) is 0 Å². The number of nitrogens with zero attached hydrogens (tertiary/aromatic N) is 3. The van der Waals surface area contributed by atoms with Crippen molar-refractivity contribution in [3.63, 3.8) is 0 Å². The number of methoxy groups -OCH3 is 2. The number of nitrogens with two attached hydrogens (primary N) is 1. The second-order valence-electron chi connectivity index (χ2n) is 6.77. The first-order chi connectivity index (χ1) is 14.2. The summed E-state index contributed by atoms with van der Waals surface area (Å²) in [5.74, 6) is 3.56. The van der Waals surface area contributed by atoms with E-state index in [0.717, 1.165) is 23.0 Å². The van der Waals surface area contributed by atoms with E-state index in [-0.39, 0.29) is 0 Å². The van der Waals surface area contributed by atoms with Crippen LogP contribution in [0.15, 0.2) is 35.3 Å². The molecule has 5 rings (SSSR count). The largest absolute Gasteiger partial charge is 0.493 e. The molecule has 3 aromatic rings. The van der Waals surface area contributed by atoms with Gasteiger partial charge in [-0.3, -0.25) is 9.88 Å². The third-order valence-electron chi connectivity index (χ3n) is 5.01. The summed E-state index contributed by atoms with van der Waals surface area (Å²) in [7, 11) is 3.21. The normalized spacial score (nSPS) is 17.7. The molecule has 0 aliphatic carbocycles. The third-order valence-corrected chi connectivity index (χ3v) is 5.01. The number of hydrogen-bond acceptors (Lipinski definition) is 8. The number of nitrogens with one attached hydrogen (secondary N) is 1. The van der Waals surface area contributed by atoms with E-state index < -0.39 is 6.17 Å². The van der Waals surface area contributed by atoms with Gasteiger partial charge in [-0.05, 0) is 12.1 Å². The Balaban J connectivity index is 1.68. The van der Waals surface area contributed by atoms with Crippen LogP contribution in [0.5, 0.6) is 23.0 Å². The van der Waals surface area contributed by atoms with E-state index in [1.54, 1.807) is 14.2 Å². The zero-order valence-electron chi connectivity index (χ0n) is 16.1. The Bertz CT molecular complexity index is 1120. The van der Waals surface area contributed by atoms with E-state index in [4.69, 9.17) is 29.7 Å². The van der Waals surface area contributed by atoms with E-state index in [0.29, 0.717) is 48.1 Å². The molecule has 3 N–H and O–H groups in total. The Labute approximate surface area is 167 Å². The zero-order valence-corrected chi connectivity index (χ0v) is 16.1. The fraction of sp³-hybridized carbons (Fsp3) is 0.300. The van der Waals surface area contributed by atoms with Gasteiger partial charge in [-0.2, -0.15) is 0 Å². The Kier molecular flexibility index (Phi) is 4.08. The summed E-state index contributed by atoms with van der Waals surface area (Å²) >= 11 is 0. The number of hydrogen-bond donors (Lipinski definition) is 2. The van der Waals surface area contributed by atoms with Gasteiger partial charge in [0.1, 0.15) is 0 Å².